The van der Waals surface area contributed by atoms with Gasteiger partial charge in [0.2, 0.25) is 0 Å². The molecule has 156 valence electrons. The number of aromatic hydroxyl groups is 1. The number of para-hydroxylation sites is 1. The molecule has 2 aliphatic heterocycles. The maximum Gasteiger partial charge on any atom is 0.255 e. The van der Waals surface area contributed by atoms with Crippen LogP contribution < -0.4 is 10.1 Å². The Labute approximate surface area is 175 Å². The summed E-state index contributed by atoms with van der Waals surface area (Å²) in [5, 5.41) is 12.8. The van der Waals surface area contributed by atoms with E-state index in [-0.39, 0.29) is 29.5 Å². The Balaban J connectivity index is 1.53. The minimum atomic E-state index is -0.156. The van der Waals surface area contributed by atoms with E-state index in [0.29, 0.717) is 43.0 Å². The third-order valence-electron chi connectivity index (χ3n) is 5.59. The van der Waals surface area contributed by atoms with Gasteiger partial charge in [0.05, 0.1) is 23.9 Å². The van der Waals surface area contributed by atoms with Crippen molar-refractivity contribution < 1.29 is 19.4 Å². The van der Waals surface area contributed by atoms with E-state index in [2.05, 4.69) is 22.5 Å². The van der Waals surface area contributed by atoms with Crippen molar-refractivity contribution in [2.24, 2.45) is 5.92 Å². The first-order valence-electron chi connectivity index (χ1n) is 10.2. The minimum Gasteiger partial charge on any atom is -0.506 e. The summed E-state index contributed by atoms with van der Waals surface area (Å²) in [7, 11) is 0. The standard InChI is InChI=1S/C23H25N3O4/c27-18-12-17(13-24-14-18)23(29)26-10-9-20-16(15-26)6-2-1-5-11-30-21-8-4-3-7-19(21)22(28)25-20/h1-4,7-8,12-14,16,20,27H,5-6,9-11,15H2,(H,25,28)/b2-1+/t16-,20+/m0/s1. The number of benzene rings is 1. The van der Waals surface area contributed by atoms with Crippen molar-refractivity contribution in [1.82, 2.24) is 15.2 Å². The summed E-state index contributed by atoms with van der Waals surface area (Å²) in [4.78, 5) is 31.5. The summed E-state index contributed by atoms with van der Waals surface area (Å²) in [6.45, 7) is 1.56. The molecule has 1 aromatic heterocycles. The molecule has 1 fully saturated rings. The van der Waals surface area contributed by atoms with Crippen molar-refractivity contribution in [3.05, 3.63) is 66.0 Å². The largest absolute Gasteiger partial charge is 0.506 e. The van der Waals surface area contributed by atoms with Crippen LogP contribution in [0.4, 0.5) is 0 Å². The van der Waals surface area contributed by atoms with E-state index in [0.717, 1.165) is 12.8 Å². The number of aromatic nitrogens is 1. The van der Waals surface area contributed by atoms with Gasteiger partial charge in [0, 0.05) is 31.2 Å². The number of likely N-dealkylation sites (tertiary alicyclic amines) is 1. The van der Waals surface area contributed by atoms with Crippen molar-refractivity contribution in [2.75, 3.05) is 19.7 Å². The number of carbonyl (C=O) groups is 2. The molecule has 0 aliphatic carbocycles. The fourth-order valence-electron chi connectivity index (χ4n) is 4.02. The number of amides is 2. The molecule has 0 saturated carbocycles. The van der Waals surface area contributed by atoms with E-state index in [1.165, 1.54) is 18.5 Å². The number of piperidine rings is 1. The van der Waals surface area contributed by atoms with Crippen LogP contribution in [0.1, 0.15) is 40.0 Å². The normalized spacial score (nSPS) is 22.9. The van der Waals surface area contributed by atoms with Crippen LogP contribution in [0.15, 0.2) is 54.9 Å². The number of carbonyl (C=O) groups excluding carboxylic acids is 2. The highest BCUT2D eigenvalue weighted by molar-refractivity contribution is 5.97. The number of hydrogen-bond acceptors (Lipinski definition) is 5. The van der Waals surface area contributed by atoms with Gasteiger partial charge >= 0.3 is 0 Å². The zero-order valence-electron chi connectivity index (χ0n) is 16.7. The number of nitrogens with zero attached hydrogens (tertiary/aromatic N) is 2. The molecular formula is C23H25N3O4. The van der Waals surface area contributed by atoms with Crippen LogP contribution in [0.25, 0.3) is 0 Å². The molecule has 0 radical (unpaired) electrons. The van der Waals surface area contributed by atoms with Gasteiger partial charge < -0.3 is 20.1 Å². The number of ether oxygens (including phenoxy) is 1. The third kappa shape index (κ3) is 4.45. The lowest BCUT2D eigenvalue weighted by Crippen LogP contribution is -2.52. The fourth-order valence-corrected chi connectivity index (χ4v) is 4.02. The summed E-state index contributed by atoms with van der Waals surface area (Å²) in [5.41, 5.74) is 0.900. The van der Waals surface area contributed by atoms with Gasteiger partial charge in [0.15, 0.2) is 0 Å². The molecule has 30 heavy (non-hydrogen) atoms. The van der Waals surface area contributed by atoms with Crippen LogP contribution >= 0.6 is 0 Å². The zero-order valence-corrected chi connectivity index (χ0v) is 16.7. The second-order valence-electron chi connectivity index (χ2n) is 7.65. The summed E-state index contributed by atoms with van der Waals surface area (Å²) in [6, 6.07) is 8.66. The summed E-state index contributed by atoms with van der Waals surface area (Å²) in [5.74, 6) is 0.349. The minimum absolute atomic E-state index is 0.0298. The van der Waals surface area contributed by atoms with E-state index in [1.807, 2.05) is 18.2 Å². The Morgan fingerprint density at radius 3 is 2.97 bits per heavy atom. The van der Waals surface area contributed by atoms with Crippen molar-refractivity contribution in [3.8, 4) is 11.5 Å². The molecule has 2 aromatic rings. The number of nitrogens with one attached hydrogen (secondary N) is 1. The van der Waals surface area contributed by atoms with Gasteiger partial charge in [-0.25, -0.2) is 0 Å². The number of fused-ring (bicyclic) bond motifs is 2. The molecule has 2 N–H and O–H groups in total. The first-order valence-corrected chi connectivity index (χ1v) is 10.2. The van der Waals surface area contributed by atoms with Crippen LogP contribution in [-0.4, -0.2) is 52.5 Å². The first-order chi connectivity index (χ1) is 14.6. The lowest BCUT2D eigenvalue weighted by atomic mass is 9.88. The van der Waals surface area contributed by atoms with Gasteiger partial charge in [-0.1, -0.05) is 24.3 Å². The van der Waals surface area contributed by atoms with E-state index >= 15 is 0 Å². The molecule has 1 saturated heterocycles. The molecule has 0 unspecified atom stereocenters. The monoisotopic (exact) mass is 407 g/mol. The first kappa shape index (κ1) is 19.9. The van der Waals surface area contributed by atoms with Crippen molar-refractivity contribution in [2.45, 2.75) is 25.3 Å². The van der Waals surface area contributed by atoms with Crippen LogP contribution in [0, 0.1) is 5.92 Å². The average Bonchev–Trinajstić information content (AvgIpc) is 2.76. The molecule has 0 spiro atoms. The molecular weight excluding hydrogens is 382 g/mol. The average molecular weight is 407 g/mol. The van der Waals surface area contributed by atoms with Gasteiger partial charge in [-0.15, -0.1) is 0 Å². The van der Waals surface area contributed by atoms with Crippen LogP contribution in [0.3, 0.4) is 0 Å². The summed E-state index contributed by atoms with van der Waals surface area (Å²) >= 11 is 0. The molecule has 2 aliphatic rings. The van der Waals surface area contributed by atoms with Gasteiger partial charge in [-0.05, 0) is 37.5 Å². The Morgan fingerprint density at radius 2 is 2.10 bits per heavy atom. The van der Waals surface area contributed by atoms with Crippen LogP contribution in [0.5, 0.6) is 11.5 Å². The highest BCUT2D eigenvalue weighted by atomic mass is 16.5. The van der Waals surface area contributed by atoms with E-state index in [1.54, 1.807) is 11.0 Å². The van der Waals surface area contributed by atoms with Gasteiger partial charge in [-0.2, -0.15) is 0 Å². The Bertz CT molecular complexity index is 959. The Morgan fingerprint density at radius 1 is 1.23 bits per heavy atom. The second kappa shape index (κ2) is 8.98. The van der Waals surface area contributed by atoms with Crippen LogP contribution in [-0.2, 0) is 0 Å². The molecule has 4 rings (SSSR count). The zero-order chi connectivity index (χ0) is 20.9. The molecule has 2 atom stereocenters. The molecule has 7 heteroatoms. The summed E-state index contributed by atoms with van der Waals surface area (Å²) in [6.07, 6.45) is 9.13. The van der Waals surface area contributed by atoms with Crippen molar-refractivity contribution in [1.29, 1.82) is 0 Å². The Hall–Kier alpha value is -3.35. The fraction of sp³-hybridized carbons (Fsp3) is 0.348. The van der Waals surface area contributed by atoms with Crippen molar-refractivity contribution in [3.63, 3.8) is 0 Å². The number of allylic oxidation sites excluding steroid dienone is 1. The van der Waals surface area contributed by atoms with E-state index < -0.39 is 0 Å². The predicted octanol–water partition coefficient (Wildman–Crippen LogP) is 2.78. The van der Waals surface area contributed by atoms with E-state index in [4.69, 9.17) is 4.74 Å². The quantitative estimate of drug-likeness (QED) is 0.710. The topological polar surface area (TPSA) is 91.8 Å². The predicted molar refractivity (Wildman–Crippen MR) is 111 cm³/mol. The maximum absolute atomic E-state index is 12.9. The van der Waals surface area contributed by atoms with Gasteiger partial charge in [0.25, 0.3) is 11.8 Å². The number of pyridine rings is 1. The molecule has 2 amide bonds. The maximum atomic E-state index is 12.9. The highest BCUT2D eigenvalue weighted by Gasteiger charge is 2.33. The van der Waals surface area contributed by atoms with Crippen molar-refractivity contribution >= 4 is 11.8 Å². The molecule has 3 heterocycles. The Kier molecular flexibility index (Phi) is 5.97. The molecule has 7 nitrogen and oxygen atoms in total. The van der Waals surface area contributed by atoms with Crippen LogP contribution in [0.2, 0.25) is 0 Å². The number of hydrogen-bond donors (Lipinski definition) is 2. The molecule has 1 aromatic carbocycles. The molecule has 0 bridgehead atoms. The van der Waals surface area contributed by atoms with E-state index in [9.17, 15) is 14.7 Å². The van der Waals surface area contributed by atoms with Gasteiger partial charge in [0.1, 0.15) is 11.5 Å². The highest BCUT2D eigenvalue weighted by Crippen LogP contribution is 2.25. The second-order valence-corrected chi connectivity index (χ2v) is 7.65. The number of rotatable bonds is 1. The lowest BCUT2D eigenvalue weighted by molar-refractivity contribution is 0.0618. The smallest absolute Gasteiger partial charge is 0.255 e. The third-order valence-corrected chi connectivity index (χ3v) is 5.59. The summed E-state index contributed by atoms with van der Waals surface area (Å²) < 4.78 is 5.78. The SMILES string of the molecule is O=C1N[C@@H]2CCN(C(=O)c3cncc(O)c3)C[C@@H]2C/C=C/CCOc2ccccc21. The van der Waals surface area contributed by atoms with Gasteiger partial charge in [-0.3, -0.25) is 14.6 Å². The lowest BCUT2D eigenvalue weighted by Gasteiger charge is -2.39.